The summed E-state index contributed by atoms with van der Waals surface area (Å²) < 4.78 is 5.69. The number of nitriles is 1. The number of hydrogen-bond donors (Lipinski definition) is 1. The molecular formula is C29H27N5O2. The van der Waals surface area contributed by atoms with Crippen molar-refractivity contribution < 1.29 is 9.21 Å². The van der Waals surface area contributed by atoms with Gasteiger partial charge in [0.2, 0.25) is 5.89 Å². The van der Waals surface area contributed by atoms with Gasteiger partial charge in [0.15, 0.2) is 0 Å². The molecule has 1 aromatic heterocycles. The molecule has 1 atom stereocenters. The van der Waals surface area contributed by atoms with Crippen molar-refractivity contribution in [1.29, 1.82) is 5.26 Å². The number of benzene rings is 3. The predicted octanol–water partition coefficient (Wildman–Crippen LogP) is 5.02. The summed E-state index contributed by atoms with van der Waals surface area (Å²) >= 11 is 0. The molecule has 1 fully saturated rings. The number of aryl methyl sites for hydroxylation is 1. The van der Waals surface area contributed by atoms with Gasteiger partial charge in [-0.3, -0.25) is 9.69 Å². The third-order valence-electron chi connectivity index (χ3n) is 6.59. The number of carbonyl (C=O) groups is 1. The van der Waals surface area contributed by atoms with Crippen LogP contribution in [0, 0.1) is 18.3 Å². The second-order valence-electron chi connectivity index (χ2n) is 8.82. The van der Waals surface area contributed by atoms with Gasteiger partial charge < -0.3 is 14.6 Å². The van der Waals surface area contributed by atoms with E-state index in [1.807, 2.05) is 55.5 Å². The van der Waals surface area contributed by atoms with Gasteiger partial charge in [-0.15, -0.1) is 0 Å². The van der Waals surface area contributed by atoms with E-state index in [2.05, 4.69) is 38.3 Å². The largest absolute Gasteiger partial charge is 0.447 e. The summed E-state index contributed by atoms with van der Waals surface area (Å²) in [5.74, 6) is 0.498. The van der Waals surface area contributed by atoms with Gasteiger partial charge in [-0.2, -0.15) is 5.26 Å². The van der Waals surface area contributed by atoms with Gasteiger partial charge in [0.05, 0.1) is 17.4 Å². The molecule has 0 spiro atoms. The number of nitrogens with zero attached hydrogens (tertiary/aromatic N) is 4. The van der Waals surface area contributed by atoms with Crippen LogP contribution >= 0.6 is 0 Å². The maximum atomic E-state index is 12.7. The number of rotatable bonds is 6. The second kappa shape index (κ2) is 10.5. The highest BCUT2D eigenvalue weighted by Gasteiger charge is 2.30. The fourth-order valence-electron chi connectivity index (χ4n) is 4.74. The number of aromatic nitrogens is 1. The Morgan fingerprint density at radius 1 is 1.03 bits per heavy atom. The first kappa shape index (κ1) is 23.3. The van der Waals surface area contributed by atoms with Crippen molar-refractivity contribution in [2.45, 2.75) is 13.0 Å². The Bertz CT molecular complexity index is 1370. The average Bonchev–Trinajstić information content (AvgIpc) is 3.44. The van der Waals surface area contributed by atoms with Crippen molar-refractivity contribution in [2.75, 3.05) is 36.4 Å². The lowest BCUT2D eigenvalue weighted by Crippen LogP contribution is -2.48. The molecule has 5 rings (SSSR count). The minimum absolute atomic E-state index is 0.0576. The quantitative estimate of drug-likeness (QED) is 0.420. The van der Waals surface area contributed by atoms with Gasteiger partial charge in [0.1, 0.15) is 18.4 Å². The van der Waals surface area contributed by atoms with Crippen LogP contribution in [-0.2, 0) is 0 Å². The molecule has 1 saturated heterocycles. The number of amides is 1. The van der Waals surface area contributed by atoms with E-state index >= 15 is 0 Å². The van der Waals surface area contributed by atoms with Crippen LogP contribution in [-0.4, -0.2) is 42.0 Å². The SMILES string of the molecule is Cc1ccccc1C(=O)Nc1ccc(N2CCN(C(c3ccccc3)c3ncco3)CC2)c(C#N)c1. The standard InChI is InChI=1S/C29H27N5O2/c1-21-7-5-6-10-25(21)28(35)32-24-11-12-26(23(19-24)20-30)33-14-16-34(17-15-33)27(29-31-13-18-36-29)22-8-3-2-4-9-22/h2-13,18-19,27H,14-17H2,1H3,(H,32,35). The molecule has 1 N–H and O–H groups in total. The maximum Gasteiger partial charge on any atom is 0.255 e. The summed E-state index contributed by atoms with van der Waals surface area (Å²) in [6.07, 6.45) is 3.29. The van der Waals surface area contributed by atoms with Gasteiger partial charge in [-0.05, 0) is 42.3 Å². The molecule has 1 unspecified atom stereocenters. The van der Waals surface area contributed by atoms with E-state index in [9.17, 15) is 10.1 Å². The van der Waals surface area contributed by atoms with Gasteiger partial charge in [-0.1, -0.05) is 48.5 Å². The van der Waals surface area contributed by atoms with Crippen LogP contribution in [0.4, 0.5) is 11.4 Å². The highest BCUT2D eigenvalue weighted by Crippen LogP contribution is 2.31. The molecule has 7 nitrogen and oxygen atoms in total. The summed E-state index contributed by atoms with van der Waals surface area (Å²) in [6, 6.07) is 25.5. The highest BCUT2D eigenvalue weighted by atomic mass is 16.3. The van der Waals surface area contributed by atoms with Crippen molar-refractivity contribution in [2.24, 2.45) is 0 Å². The summed E-state index contributed by atoms with van der Waals surface area (Å²) in [5.41, 5.74) is 4.69. The van der Waals surface area contributed by atoms with Gasteiger partial charge >= 0.3 is 0 Å². The lowest BCUT2D eigenvalue weighted by atomic mass is 10.0. The third-order valence-corrected chi connectivity index (χ3v) is 6.59. The first-order chi connectivity index (χ1) is 17.6. The molecule has 0 saturated carbocycles. The molecule has 4 aromatic rings. The van der Waals surface area contributed by atoms with Crippen LogP contribution in [0.2, 0.25) is 0 Å². The molecule has 0 bridgehead atoms. The fraction of sp³-hybridized carbons (Fsp3) is 0.207. The van der Waals surface area contributed by atoms with E-state index < -0.39 is 0 Å². The summed E-state index contributed by atoms with van der Waals surface area (Å²) in [5, 5.41) is 12.8. The number of piperazine rings is 1. The summed E-state index contributed by atoms with van der Waals surface area (Å²) in [6.45, 7) is 5.00. The van der Waals surface area contributed by atoms with Gasteiger partial charge in [0.25, 0.3) is 5.91 Å². The van der Waals surface area contributed by atoms with Crippen molar-refractivity contribution in [3.63, 3.8) is 0 Å². The Balaban J connectivity index is 1.30. The van der Waals surface area contributed by atoms with Gasteiger partial charge in [0, 0.05) is 37.4 Å². The molecule has 1 aliphatic rings. The number of oxazole rings is 1. The highest BCUT2D eigenvalue weighted by molar-refractivity contribution is 6.05. The summed E-state index contributed by atoms with van der Waals surface area (Å²) in [4.78, 5) is 21.7. The molecule has 180 valence electrons. The van der Waals surface area contributed by atoms with Crippen molar-refractivity contribution in [3.8, 4) is 6.07 Å². The summed E-state index contributed by atoms with van der Waals surface area (Å²) in [7, 11) is 0. The second-order valence-corrected chi connectivity index (χ2v) is 8.82. The Labute approximate surface area is 210 Å². The van der Waals surface area contributed by atoms with E-state index in [1.165, 1.54) is 0 Å². The van der Waals surface area contributed by atoms with Crippen molar-refractivity contribution in [3.05, 3.63) is 113 Å². The monoisotopic (exact) mass is 477 g/mol. The smallest absolute Gasteiger partial charge is 0.255 e. The van der Waals surface area contributed by atoms with Crippen molar-refractivity contribution in [1.82, 2.24) is 9.88 Å². The molecule has 0 aliphatic carbocycles. The third kappa shape index (κ3) is 4.85. The van der Waals surface area contributed by atoms with Gasteiger partial charge in [-0.25, -0.2) is 4.98 Å². The van der Waals surface area contributed by atoms with Crippen molar-refractivity contribution >= 4 is 17.3 Å². The van der Waals surface area contributed by atoms with E-state index in [1.54, 1.807) is 24.6 Å². The van der Waals surface area contributed by atoms with E-state index in [0.717, 1.165) is 43.0 Å². The topological polar surface area (TPSA) is 85.4 Å². The molecular weight excluding hydrogens is 450 g/mol. The fourth-order valence-corrected chi connectivity index (χ4v) is 4.74. The molecule has 1 amide bonds. The minimum Gasteiger partial charge on any atom is -0.447 e. The Morgan fingerprint density at radius 2 is 1.78 bits per heavy atom. The molecule has 36 heavy (non-hydrogen) atoms. The number of nitrogens with one attached hydrogen (secondary N) is 1. The lowest BCUT2D eigenvalue weighted by molar-refractivity contribution is 0.102. The van der Waals surface area contributed by atoms with Crippen LogP contribution in [0.15, 0.2) is 89.7 Å². The van der Waals surface area contributed by atoms with Crippen LogP contribution < -0.4 is 10.2 Å². The molecule has 1 aliphatic heterocycles. The van der Waals surface area contributed by atoms with Crippen LogP contribution in [0.5, 0.6) is 0 Å². The first-order valence-corrected chi connectivity index (χ1v) is 12.0. The normalized spacial score (nSPS) is 14.7. The number of hydrogen-bond acceptors (Lipinski definition) is 6. The molecule has 0 radical (unpaired) electrons. The zero-order chi connectivity index (χ0) is 24.9. The Hall–Kier alpha value is -4.41. The van der Waals surface area contributed by atoms with Crippen LogP contribution in [0.25, 0.3) is 0 Å². The number of carbonyl (C=O) groups excluding carboxylic acids is 1. The Kier molecular flexibility index (Phi) is 6.78. The molecule has 3 aromatic carbocycles. The Morgan fingerprint density at radius 3 is 2.47 bits per heavy atom. The molecule has 2 heterocycles. The number of anilines is 2. The predicted molar refractivity (Wildman–Crippen MR) is 139 cm³/mol. The van der Waals surface area contributed by atoms with E-state index in [4.69, 9.17) is 4.42 Å². The average molecular weight is 478 g/mol. The van der Waals surface area contributed by atoms with Crippen LogP contribution in [0.1, 0.15) is 39.0 Å². The maximum absolute atomic E-state index is 12.7. The first-order valence-electron chi connectivity index (χ1n) is 12.0. The van der Waals surface area contributed by atoms with E-state index in [-0.39, 0.29) is 11.9 Å². The van der Waals surface area contributed by atoms with Crippen LogP contribution in [0.3, 0.4) is 0 Å². The minimum atomic E-state index is -0.183. The van der Waals surface area contributed by atoms with E-state index in [0.29, 0.717) is 22.7 Å². The zero-order valence-electron chi connectivity index (χ0n) is 20.1. The molecule has 7 heteroatoms. The lowest BCUT2D eigenvalue weighted by Gasteiger charge is -2.39. The zero-order valence-corrected chi connectivity index (χ0v) is 20.1.